The van der Waals surface area contributed by atoms with Crippen LogP contribution in [0.15, 0.2) is 40.8 Å². The van der Waals surface area contributed by atoms with Gasteiger partial charge in [-0.3, -0.25) is 4.79 Å². The van der Waals surface area contributed by atoms with Gasteiger partial charge in [0.05, 0.1) is 9.21 Å². The molecule has 0 aliphatic rings. The Balaban J connectivity index is 2.06. The summed E-state index contributed by atoms with van der Waals surface area (Å²) in [5, 5.41) is 1.43. The van der Waals surface area contributed by atoms with Crippen LogP contribution in [-0.2, 0) is 0 Å². The van der Waals surface area contributed by atoms with Gasteiger partial charge in [0.25, 0.3) is 0 Å². The predicted molar refractivity (Wildman–Crippen MR) is 74.0 cm³/mol. The van der Waals surface area contributed by atoms with Crippen molar-refractivity contribution in [1.29, 1.82) is 0 Å². The molecular weight excluding hydrogens is 291 g/mol. The summed E-state index contributed by atoms with van der Waals surface area (Å²) < 4.78 is 6.08. The number of carbonyl (C=O) groups excluding carboxylic acids is 1. The third-order valence-corrected chi connectivity index (χ3v) is 3.96. The van der Waals surface area contributed by atoms with Gasteiger partial charge in [0.2, 0.25) is 5.78 Å². The lowest BCUT2D eigenvalue weighted by atomic mass is 10.2. The Morgan fingerprint density at radius 2 is 1.94 bits per heavy atom. The lowest BCUT2D eigenvalue weighted by molar-refractivity contribution is 0.101. The summed E-state index contributed by atoms with van der Waals surface area (Å²) in [6.45, 7) is 0. The molecular formula is C13H6Cl2O2S. The van der Waals surface area contributed by atoms with Crippen LogP contribution in [0.5, 0.6) is 0 Å². The Bertz CT molecular complexity index is 742. The normalized spacial score (nSPS) is 11.0. The molecule has 90 valence electrons. The molecule has 0 atom stereocenters. The third kappa shape index (κ3) is 2.05. The standard InChI is InChI=1S/C13H6Cl2O2S/c14-8-1-2-9-7(5-8)6-10(17-9)13(16)11-3-4-12(15)18-11/h1-6H. The first-order valence-electron chi connectivity index (χ1n) is 5.12. The molecule has 0 bridgehead atoms. The first-order chi connectivity index (χ1) is 8.63. The topological polar surface area (TPSA) is 30.2 Å². The van der Waals surface area contributed by atoms with Crippen LogP contribution in [0.3, 0.4) is 0 Å². The van der Waals surface area contributed by atoms with E-state index in [-0.39, 0.29) is 5.78 Å². The zero-order valence-corrected chi connectivity index (χ0v) is 11.3. The van der Waals surface area contributed by atoms with Crippen LogP contribution in [-0.4, -0.2) is 5.78 Å². The van der Waals surface area contributed by atoms with E-state index in [0.29, 0.717) is 25.6 Å². The maximum atomic E-state index is 12.1. The molecule has 2 aromatic heterocycles. The lowest BCUT2D eigenvalue weighted by Crippen LogP contribution is -1.95. The average Bonchev–Trinajstić information content (AvgIpc) is 2.93. The van der Waals surface area contributed by atoms with Crippen molar-refractivity contribution in [3.05, 3.63) is 56.4 Å². The minimum atomic E-state index is -0.167. The Morgan fingerprint density at radius 1 is 1.11 bits per heavy atom. The minimum Gasteiger partial charge on any atom is -0.453 e. The number of hydrogen-bond acceptors (Lipinski definition) is 3. The smallest absolute Gasteiger partial charge is 0.238 e. The summed E-state index contributed by atoms with van der Waals surface area (Å²) >= 11 is 12.9. The molecule has 3 aromatic rings. The number of ketones is 1. The van der Waals surface area contributed by atoms with Crippen molar-refractivity contribution >= 4 is 51.3 Å². The SMILES string of the molecule is O=C(c1cc2cc(Cl)ccc2o1)c1ccc(Cl)s1. The summed E-state index contributed by atoms with van der Waals surface area (Å²) in [5.74, 6) is 0.130. The number of fused-ring (bicyclic) bond motifs is 1. The fourth-order valence-corrected chi connectivity index (χ4v) is 2.85. The van der Waals surface area contributed by atoms with E-state index >= 15 is 0 Å². The molecule has 0 aliphatic heterocycles. The average molecular weight is 297 g/mol. The van der Waals surface area contributed by atoms with E-state index in [9.17, 15) is 4.79 Å². The number of hydrogen-bond donors (Lipinski definition) is 0. The van der Waals surface area contributed by atoms with Crippen LogP contribution in [0.4, 0.5) is 0 Å². The van der Waals surface area contributed by atoms with Crippen LogP contribution in [0.1, 0.15) is 15.4 Å². The van der Waals surface area contributed by atoms with Crippen molar-refractivity contribution < 1.29 is 9.21 Å². The van der Waals surface area contributed by atoms with E-state index in [2.05, 4.69) is 0 Å². The highest BCUT2D eigenvalue weighted by molar-refractivity contribution is 7.18. The van der Waals surface area contributed by atoms with Gasteiger partial charge in [0, 0.05) is 10.4 Å². The van der Waals surface area contributed by atoms with Crippen molar-refractivity contribution in [2.75, 3.05) is 0 Å². The summed E-state index contributed by atoms with van der Waals surface area (Å²) in [5.41, 5.74) is 0.644. The zero-order chi connectivity index (χ0) is 12.7. The fourth-order valence-electron chi connectivity index (χ4n) is 1.68. The van der Waals surface area contributed by atoms with Gasteiger partial charge in [-0.15, -0.1) is 11.3 Å². The number of benzene rings is 1. The van der Waals surface area contributed by atoms with E-state index in [1.807, 2.05) is 0 Å². The molecule has 2 heterocycles. The van der Waals surface area contributed by atoms with Crippen LogP contribution < -0.4 is 0 Å². The fraction of sp³-hybridized carbons (Fsp3) is 0. The van der Waals surface area contributed by atoms with Crippen LogP contribution >= 0.6 is 34.5 Å². The second-order valence-corrected chi connectivity index (χ2v) is 5.88. The molecule has 0 saturated heterocycles. The Labute approximate surface area is 117 Å². The number of thiophene rings is 1. The molecule has 0 amide bonds. The van der Waals surface area contributed by atoms with Crippen LogP contribution in [0.2, 0.25) is 9.36 Å². The lowest BCUT2D eigenvalue weighted by Gasteiger charge is -1.90. The molecule has 0 unspecified atom stereocenters. The van der Waals surface area contributed by atoms with Gasteiger partial charge >= 0.3 is 0 Å². The molecule has 18 heavy (non-hydrogen) atoms. The van der Waals surface area contributed by atoms with Crippen molar-refractivity contribution in [2.24, 2.45) is 0 Å². The highest BCUT2D eigenvalue weighted by Crippen LogP contribution is 2.28. The molecule has 0 saturated carbocycles. The van der Waals surface area contributed by atoms with Gasteiger partial charge in [-0.1, -0.05) is 23.2 Å². The first kappa shape index (κ1) is 11.8. The van der Waals surface area contributed by atoms with E-state index in [4.69, 9.17) is 27.6 Å². The predicted octanol–water partition coefficient (Wildman–Crippen LogP) is 5.03. The van der Waals surface area contributed by atoms with E-state index in [1.165, 1.54) is 11.3 Å². The van der Waals surface area contributed by atoms with E-state index in [1.54, 1.807) is 36.4 Å². The van der Waals surface area contributed by atoms with Crippen molar-refractivity contribution in [3.63, 3.8) is 0 Å². The van der Waals surface area contributed by atoms with Crippen molar-refractivity contribution in [1.82, 2.24) is 0 Å². The third-order valence-electron chi connectivity index (χ3n) is 2.50. The second kappa shape index (κ2) is 4.43. The minimum absolute atomic E-state index is 0.167. The van der Waals surface area contributed by atoms with Gasteiger partial charge < -0.3 is 4.42 Å². The van der Waals surface area contributed by atoms with Gasteiger partial charge in [0.15, 0.2) is 5.76 Å². The number of carbonyl (C=O) groups is 1. The van der Waals surface area contributed by atoms with E-state index < -0.39 is 0 Å². The zero-order valence-electron chi connectivity index (χ0n) is 8.94. The molecule has 3 rings (SSSR count). The van der Waals surface area contributed by atoms with Gasteiger partial charge in [0.1, 0.15) is 5.58 Å². The summed E-state index contributed by atoms with van der Waals surface area (Å²) in [6, 6.07) is 10.3. The van der Waals surface area contributed by atoms with Gasteiger partial charge in [-0.25, -0.2) is 0 Å². The van der Waals surface area contributed by atoms with Crippen LogP contribution in [0, 0.1) is 0 Å². The first-order valence-corrected chi connectivity index (χ1v) is 6.70. The molecule has 5 heteroatoms. The van der Waals surface area contributed by atoms with Crippen molar-refractivity contribution in [2.45, 2.75) is 0 Å². The van der Waals surface area contributed by atoms with Gasteiger partial charge in [-0.05, 0) is 36.4 Å². The Hall–Kier alpha value is -1.29. The summed E-state index contributed by atoms with van der Waals surface area (Å²) in [6.07, 6.45) is 0. The summed E-state index contributed by atoms with van der Waals surface area (Å²) in [4.78, 5) is 12.7. The van der Waals surface area contributed by atoms with Crippen molar-refractivity contribution in [3.8, 4) is 0 Å². The molecule has 0 spiro atoms. The Morgan fingerprint density at radius 3 is 2.67 bits per heavy atom. The number of halogens is 2. The number of rotatable bonds is 2. The molecule has 0 radical (unpaired) electrons. The monoisotopic (exact) mass is 296 g/mol. The highest BCUT2D eigenvalue weighted by Gasteiger charge is 2.16. The van der Waals surface area contributed by atoms with E-state index in [0.717, 1.165) is 5.39 Å². The molecule has 0 N–H and O–H groups in total. The highest BCUT2D eigenvalue weighted by atomic mass is 35.5. The second-order valence-electron chi connectivity index (χ2n) is 3.73. The summed E-state index contributed by atoms with van der Waals surface area (Å²) in [7, 11) is 0. The quantitative estimate of drug-likeness (QED) is 0.621. The Kier molecular flexibility index (Phi) is 2.90. The maximum Gasteiger partial charge on any atom is 0.238 e. The maximum absolute atomic E-state index is 12.1. The van der Waals surface area contributed by atoms with Gasteiger partial charge in [-0.2, -0.15) is 0 Å². The molecule has 0 aliphatic carbocycles. The largest absolute Gasteiger partial charge is 0.453 e. The molecule has 2 nitrogen and oxygen atoms in total. The molecule has 1 aromatic carbocycles. The molecule has 0 fully saturated rings. The van der Waals surface area contributed by atoms with Crippen LogP contribution in [0.25, 0.3) is 11.0 Å². The number of furan rings is 1.